The predicted octanol–water partition coefficient (Wildman–Crippen LogP) is 6.90. The molecule has 230 valence electrons. The smallest absolute Gasteiger partial charge is 0.131 e. The van der Waals surface area contributed by atoms with Crippen molar-refractivity contribution in [3.05, 3.63) is 146 Å². The lowest BCUT2D eigenvalue weighted by Crippen LogP contribution is -2.37. The Hall–Kier alpha value is -4.62. The minimum atomic E-state index is -1.13. The summed E-state index contributed by atoms with van der Waals surface area (Å²) in [5.41, 5.74) is 1.91. The maximum Gasteiger partial charge on any atom is 0.131 e. The molecule has 0 aliphatic heterocycles. The summed E-state index contributed by atoms with van der Waals surface area (Å²) in [6.07, 6.45) is 0. The van der Waals surface area contributed by atoms with Crippen molar-refractivity contribution in [2.24, 2.45) is 0 Å². The highest BCUT2D eigenvalue weighted by Crippen LogP contribution is 2.49. The third-order valence-corrected chi connectivity index (χ3v) is 13.0. The standard InChI is InChI=1S/C40H36O4P2/c1-41-29-25-26-34(35(27-29)42-2)38-36(43-3)28-37(44-4)39(45(30-17-9-5-10-18-30)31-19-11-6-12-20-31)40(38)46(32-21-13-7-14-22-32)33-23-15-8-16-24-33/h5-28H,1-4H3. The molecule has 0 aliphatic rings. The minimum absolute atomic E-state index is 0.704. The van der Waals surface area contributed by atoms with Gasteiger partial charge in [-0.1, -0.05) is 121 Å². The van der Waals surface area contributed by atoms with Crippen LogP contribution in [0.25, 0.3) is 11.1 Å². The summed E-state index contributed by atoms with van der Waals surface area (Å²) in [6, 6.07) is 51.1. The van der Waals surface area contributed by atoms with Gasteiger partial charge in [0.1, 0.15) is 23.0 Å². The molecule has 0 aromatic heterocycles. The number of rotatable bonds is 11. The molecule has 0 atom stereocenters. The highest BCUT2D eigenvalue weighted by molar-refractivity contribution is 7.85. The molecule has 0 fully saturated rings. The largest absolute Gasteiger partial charge is 0.497 e. The van der Waals surface area contributed by atoms with Crippen molar-refractivity contribution in [2.75, 3.05) is 28.4 Å². The van der Waals surface area contributed by atoms with Crippen molar-refractivity contribution in [1.29, 1.82) is 0 Å². The highest BCUT2D eigenvalue weighted by Gasteiger charge is 2.34. The van der Waals surface area contributed by atoms with E-state index in [1.165, 1.54) is 26.5 Å². The molecule has 6 rings (SSSR count). The molecule has 0 saturated carbocycles. The first kappa shape index (κ1) is 31.4. The van der Waals surface area contributed by atoms with E-state index < -0.39 is 15.8 Å². The number of methoxy groups -OCH3 is 4. The van der Waals surface area contributed by atoms with E-state index in [1.54, 1.807) is 28.4 Å². The van der Waals surface area contributed by atoms with Gasteiger partial charge in [-0.25, -0.2) is 0 Å². The van der Waals surface area contributed by atoms with Crippen LogP contribution >= 0.6 is 15.8 Å². The van der Waals surface area contributed by atoms with Crippen LogP contribution < -0.4 is 50.8 Å². The van der Waals surface area contributed by atoms with Gasteiger partial charge >= 0.3 is 0 Å². The van der Waals surface area contributed by atoms with Gasteiger partial charge in [-0.3, -0.25) is 0 Å². The summed E-state index contributed by atoms with van der Waals surface area (Å²) in [7, 11) is 4.64. The molecular weight excluding hydrogens is 606 g/mol. The summed E-state index contributed by atoms with van der Waals surface area (Å²) < 4.78 is 24.3. The van der Waals surface area contributed by atoms with Gasteiger partial charge < -0.3 is 18.9 Å². The van der Waals surface area contributed by atoms with E-state index in [1.807, 2.05) is 18.2 Å². The van der Waals surface area contributed by atoms with Gasteiger partial charge in [0.2, 0.25) is 0 Å². The topological polar surface area (TPSA) is 36.9 Å². The molecule has 0 saturated heterocycles. The quantitative estimate of drug-likeness (QED) is 0.144. The zero-order valence-electron chi connectivity index (χ0n) is 26.4. The van der Waals surface area contributed by atoms with Crippen LogP contribution in [0.2, 0.25) is 0 Å². The summed E-state index contributed by atoms with van der Waals surface area (Å²) in [5.74, 6) is 2.93. The van der Waals surface area contributed by atoms with E-state index in [9.17, 15) is 0 Å². The zero-order valence-corrected chi connectivity index (χ0v) is 28.2. The van der Waals surface area contributed by atoms with Crippen molar-refractivity contribution in [2.45, 2.75) is 0 Å². The van der Waals surface area contributed by atoms with Gasteiger partial charge in [-0.15, -0.1) is 0 Å². The number of ether oxygens (including phenoxy) is 4. The van der Waals surface area contributed by atoms with Crippen LogP contribution in [-0.4, -0.2) is 28.4 Å². The van der Waals surface area contributed by atoms with Crippen molar-refractivity contribution in [3.63, 3.8) is 0 Å². The molecule has 46 heavy (non-hydrogen) atoms. The fourth-order valence-electron chi connectivity index (χ4n) is 5.75. The number of hydrogen-bond acceptors (Lipinski definition) is 4. The molecule has 0 heterocycles. The maximum atomic E-state index is 6.35. The van der Waals surface area contributed by atoms with Crippen molar-refractivity contribution < 1.29 is 18.9 Å². The fraction of sp³-hybridized carbons (Fsp3) is 0.100. The van der Waals surface area contributed by atoms with Crippen LogP contribution in [0.4, 0.5) is 0 Å². The van der Waals surface area contributed by atoms with E-state index in [4.69, 9.17) is 18.9 Å². The molecule has 0 amide bonds. The summed E-state index contributed by atoms with van der Waals surface area (Å²) in [5, 5.41) is 7.25. The molecule has 6 aromatic carbocycles. The molecule has 0 N–H and O–H groups in total. The Morgan fingerprint density at radius 1 is 0.370 bits per heavy atom. The fourth-order valence-corrected chi connectivity index (χ4v) is 11.3. The lowest BCUT2D eigenvalue weighted by Gasteiger charge is -2.32. The molecule has 0 spiro atoms. The molecular formula is C40H36O4P2. The SMILES string of the molecule is COc1ccc(-c2c(OC)cc(OC)c(P(c3ccccc3)c3ccccc3)c2P(c2ccccc2)c2ccccc2)c(OC)c1. The predicted molar refractivity (Wildman–Crippen MR) is 195 cm³/mol. The second kappa shape index (κ2) is 14.6. The van der Waals surface area contributed by atoms with Gasteiger partial charge in [0, 0.05) is 33.9 Å². The number of benzene rings is 6. The van der Waals surface area contributed by atoms with Gasteiger partial charge in [0.05, 0.1) is 28.4 Å². The Balaban J connectivity index is 1.84. The first-order chi connectivity index (χ1) is 22.7. The van der Waals surface area contributed by atoms with Crippen LogP contribution in [-0.2, 0) is 0 Å². The average molecular weight is 643 g/mol. The second-order valence-corrected chi connectivity index (χ2v) is 14.7. The molecule has 0 unspecified atom stereocenters. The van der Waals surface area contributed by atoms with Crippen LogP contribution in [0, 0.1) is 0 Å². The first-order valence-corrected chi connectivity index (χ1v) is 17.7. The summed E-state index contributed by atoms with van der Waals surface area (Å²) >= 11 is 0. The van der Waals surface area contributed by atoms with Gasteiger partial charge in [0.25, 0.3) is 0 Å². The highest BCUT2D eigenvalue weighted by atomic mass is 31.1. The van der Waals surface area contributed by atoms with Crippen LogP contribution in [0.5, 0.6) is 23.0 Å². The van der Waals surface area contributed by atoms with E-state index in [-0.39, 0.29) is 0 Å². The second-order valence-electron chi connectivity index (χ2n) is 10.4. The Kier molecular flexibility index (Phi) is 9.99. The summed E-state index contributed by atoms with van der Waals surface area (Å²) in [6.45, 7) is 0. The first-order valence-electron chi connectivity index (χ1n) is 15.0. The van der Waals surface area contributed by atoms with Crippen molar-refractivity contribution in [1.82, 2.24) is 0 Å². The lowest BCUT2D eigenvalue weighted by atomic mass is 10.0. The zero-order chi connectivity index (χ0) is 31.9. The Labute approximate surface area is 274 Å². The molecule has 0 bridgehead atoms. The van der Waals surface area contributed by atoms with E-state index in [0.717, 1.165) is 33.7 Å². The Bertz CT molecular complexity index is 1800. The molecule has 6 aromatic rings. The van der Waals surface area contributed by atoms with Gasteiger partial charge in [-0.2, -0.15) is 0 Å². The summed E-state index contributed by atoms with van der Waals surface area (Å²) in [4.78, 5) is 0. The Morgan fingerprint density at radius 3 is 1.17 bits per heavy atom. The van der Waals surface area contributed by atoms with Gasteiger partial charge in [-0.05, 0) is 49.2 Å². The molecule has 4 nitrogen and oxygen atoms in total. The third-order valence-electron chi connectivity index (χ3n) is 7.83. The van der Waals surface area contributed by atoms with E-state index in [0.29, 0.717) is 5.75 Å². The average Bonchev–Trinajstić information content (AvgIpc) is 3.13. The maximum absolute atomic E-state index is 6.35. The van der Waals surface area contributed by atoms with Crippen LogP contribution in [0.3, 0.4) is 0 Å². The minimum Gasteiger partial charge on any atom is -0.497 e. The lowest BCUT2D eigenvalue weighted by molar-refractivity contribution is 0.392. The molecule has 0 radical (unpaired) electrons. The van der Waals surface area contributed by atoms with Gasteiger partial charge in [0.15, 0.2) is 0 Å². The molecule has 0 aliphatic carbocycles. The Morgan fingerprint density at radius 2 is 0.783 bits per heavy atom. The third kappa shape index (κ3) is 6.24. The normalized spacial score (nSPS) is 11.0. The monoisotopic (exact) mass is 642 g/mol. The van der Waals surface area contributed by atoms with E-state index >= 15 is 0 Å². The van der Waals surface area contributed by atoms with Crippen molar-refractivity contribution in [3.8, 4) is 34.1 Å². The van der Waals surface area contributed by atoms with E-state index in [2.05, 4.69) is 127 Å². The van der Waals surface area contributed by atoms with Crippen LogP contribution in [0.1, 0.15) is 0 Å². The van der Waals surface area contributed by atoms with Crippen LogP contribution in [0.15, 0.2) is 146 Å². The van der Waals surface area contributed by atoms with Crippen molar-refractivity contribution >= 4 is 47.7 Å². The number of hydrogen-bond donors (Lipinski definition) is 0. The molecule has 6 heteroatoms.